The molecule has 0 radical (unpaired) electrons. The Bertz CT molecular complexity index is 1000. The number of benzene rings is 3. The van der Waals surface area contributed by atoms with Gasteiger partial charge >= 0.3 is 0 Å². The quantitative estimate of drug-likeness (QED) is 0.648. The summed E-state index contributed by atoms with van der Waals surface area (Å²) in [5.41, 5.74) is 0.395. The van der Waals surface area contributed by atoms with E-state index in [0.717, 1.165) is 0 Å². The van der Waals surface area contributed by atoms with E-state index in [0.29, 0.717) is 28.0 Å². The first-order chi connectivity index (χ1) is 12.5. The molecule has 134 valence electrons. The number of anilines is 1. The van der Waals surface area contributed by atoms with Crippen LogP contribution in [0.15, 0.2) is 77.7 Å². The zero-order chi connectivity index (χ0) is 18.6. The normalized spacial score (nSPS) is 11.0. The first kappa shape index (κ1) is 18.1. The molecule has 7 heteroatoms. The summed E-state index contributed by atoms with van der Waals surface area (Å²) in [5.74, 6) is 1.63. The fourth-order valence-electron chi connectivity index (χ4n) is 2.28. The molecule has 0 fully saturated rings. The van der Waals surface area contributed by atoms with Crippen LogP contribution < -0.4 is 14.2 Å². The summed E-state index contributed by atoms with van der Waals surface area (Å²) >= 11 is 5.88. The third-order valence-corrected chi connectivity index (χ3v) is 5.14. The van der Waals surface area contributed by atoms with Crippen molar-refractivity contribution in [1.29, 1.82) is 0 Å². The van der Waals surface area contributed by atoms with Crippen molar-refractivity contribution in [3.05, 3.63) is 77.8 Å². The largest absolute Gasteiger partial charge is 0.493 e. The Kier molecular flexibility index (Phi) is 5.35. The SMILES string of the molecule is COc1ccccc1Oc1ccc(S(=O)(=O)Nc2cccc(Cl)c2)cc1. The van der Waals surface area contributed by atoms with Crippen LogP contribution in [0.2, 0.25) is 5.02 Å². The molecule has 0 bridgehead atoms. The van der Waals surface area contributed by atoms with Gasteiger partial charge in [-0.1, -0.05) is 29.8 Å². The fraction of sp³-hybridized carbons (Fsp3) is 0.0526. The summed E-state index contributed by atoms with van der Waals surface area (Å²) < 4.78 is 38.4. The fourth-order valence-corrected chi connectivity index (χ4v) is 3.52. The summed E-state index contributed by atoms with van der Waals surface area (Å²) in [4.78, 5) is 0.116. The van der Waals surface area contributed by atoms with Gasteiger partial charge in [-0.2, -0.15) is 0 Å². The van der Waals surface area contributed by atoms with Gasteiger partial charge in [-0.25, -0.2) is 8.42 Å². The smallest absolute Gasteiger partial charge is 0.261 e. The van der Waals surface area contributed by atoms with Crippen molar-refractivity contribution in [3.8, 4) is 17.2 Å². The summed E-state index contributed by atoms with van der Waals surface area (Å²) in [6.07, 6.45) is 0. The van der Waals surface area contributed by atoms with Gasteiger partial charge in [0, 0.05) is 5.02 Å². The van der Waals surface area contributed by atoms with Gasteiger partial charge in [-0.05, 0) is 54.6 Å². The minimum atomic E-state index is -3.72. The van der Waals surface area contributed by atoms with E-state index in [9.17, 15) is 8.42 Å². The molecule has 3 aromatic rings. The average Bonchev–Trinajstić information content (AvgIpc) is 2.62. The van der Waals surface area contributed by atoms with Gasteiger partial charge in [-0.3, -0.25) is 4.72 Å². The molecule has 0 atom stereocenters. The van der Waals surface area contributed by atoms with Crippen LogP contribution in [-0.4, -0.2) is 15.5 Å². The maximum Gasteiger partial charge on any atom is 0.261 e. The summed E-state index contributed by atoms with van der Waals surface area (Å²) in [6.45, 7) is 0. The van der Waals surface area contributed by atoms with E-state index in [1.54, 1.807) is 49.6 Å². The van der Waals surface area contributed by atoms with Crippen LogP contribution in [0, 0.1) is 0 Å². The molecule has 0 saturated heterocycles. The number of hydrogen-bond donors (Lipinski definition) is 1. The monoisotopic (exact) mass is 389 g/mol. The Labute approximate surface area is 157 Å². The Balaban J connectivity index is 1.78. The Morgan fingerprint density at radius 2 is 1.58 bits per heavy atom. The van der Waals surface area contributed by atoms with E-state index >= 15 is 0 Å². The first-order valence-corrected chi connectivity index (χ1v) is 9.53. The summed E-state index contributed by atoms with van der Waals surface area (Å²) in [5, 5.41) is 0.450. The van der Waals surface area contributed by atoms with Gasteiger partial charge in [0.2, 0.25) is 0 Å². The number of halogens is 1. The molecule has 0 aromatic heterocycles. The number of rotatable bonds is 6. The van der Waals surface area contributed by atoms with Gasteiger partial charge in [0.25, 0.3) is 10.0 Å². The lowest BCUT2D eigenvalue weighted by Gasteiger charge is -2.11. The molecule has 3 aromatic carbocycles. The van der Waals surface area contributed by atoms with Crippen molar-refractivity contribution < 1.29 is 17.9 Å². The Morgan fingerprint density at radius 3 is 2.23 bits per heavy atom. The van der Waals surface area contributed by atoms with Crippen molar-refractivity contribution in [2.45, 2.75) is 4.90 Å². The molecule has 0 spiro atoms. The molecule has 1 N–H and O–H groups in total. The lowest BCUT2D eigenvalue weighted by molar-refractivity contribution is 0.379. The molecule has 0 unspecified atom stereocenters. The molecule has 0 amide bonds. The molecule has 0 aliphatic rings. The van der Waals surface area contributed by atoms with E-state index in [-0.39, 0.29) is 4.90 Å². The third-order valence-electron chi connectivity index (χ3n) is 3.51. The van der Waals surface area contributed by atoms with Crippen LogP contribution in [0.25, 0.3) is 0 Å². The predicted octanol–water partition coefficient (Wildman–Crippen LogP) is 4.94. The van der Waals surface area contributed by atoms with Crippen molar-refractivity contribution in [3.63, 3.8) is 0 Å². The lowest BCUT2D eigenvalue weighted by Crippen LogP contribution is -2.12. The maximum absolute atomic E-state index is 12.5. The molecule has 3 rings (SSSR count). The number of ether oxygens (including phenoxy) is 2. The number of nitrogens with one attached hydrogen (secondary N) is 1. The van der Waals surface area contributed by atoms with Gasteiger partial charge in [0.15, 0.2) is 11.5 Å². The van der Waals surface area contributed by atoms with Gasteiger partial charge in [0.1, 0.15) is 5.75 Å². The van der Waals surface area contributed by atoms with Crippen molar-refractivity contribution in [2.75, 3.05) is 11.8 Å². The number of hydrogen-bond acceptors (Lipinski definition) is 4. The molecular weight excluding hydrogens is 374 g/mol. The molecule has 0 aliphatic heterocycles. The van der Waals surface area contributed by atoms with Crippen LogP contribution in [-0.2, 0) is 10.0 Å². The predicted molar refractivity (Wildman–Crippen MR) is 102 cm³/mol. The average molecular weight is 390 g/mol. The molecule has 26 heavy (non-hydrogen) atoms. The minimum absolute atomic E-state index is 0.116. The maximum atomic E-state index is 12.5. The topological polar surface area (TPSA) is 64.6 Å². The van der Waals surface area contributed by atoms with Gasteiger partial charge in [0.05, 0.1) is 17.7 Å². The highest BCUT2D eigenvalue weighted by Gasteiger charge is 2.15. The first-order valence-electron chi connectivity index (χ1n) is 7.67. The Hall–Kier alpha value is -2.70. The third kappa shape index (κ3) is 4.28. The minimum Gasteiger partial charge on any atom is -0.493 e. The highest BCUT2D eigenvalue weighted by Crippen LogP contribution is 2.31. The highest BCUT2D eigenvalue weighted by atomic mass is 35.5. The molecule has 0 aliphatic carbocycles. The second kappa shape index (κ2) is 7.68. The lowest BCUT2D eigenvalue weighted by atomic mass is 10.3. The van der Waals surface area contributed by atoms with Crippen LogP contribution >= 0.6 is 11.6 Å². The van der Waals surface area contributed by atoms with Crippen LogP contribution in [0.5, 0.6) is 17.2 Å². The van der Waals surface area contributed by atoms with Crippen molar-refractivity contribution in [1.82, 2.24) is 0 Å². The van der Waals surface area contributed by atoms with E-state index in [4.69, 9.17) is 21.1 Å². The van der Waals surface area contributed by atoms with E-state index in [2.05, 4.69) is 4.72 Å². The number of methoxy groups -OCH3 is 1. The van der Waals surface area contributed by atoms with E-state index < -0.39 is 10.0 Å². The Morgan fingerprint density at radius 1 is 0.885 bits per heavy atom. The van der Waals surface area contributed by atoms with Crippen LogP contribution in [0.3, 0.4) is 0 Å². The highest BCUT2D eigenvalue weighted by molar-refractivity contribution is 7.92. The molecule has 0 heterocycles. The number of para-hydroxylation sites is 2. The van der Waals surface area contributed by atoms with Crippen LogP contribution in [0.4, 0.5) is 5.69 Å². The van der Waals surface area contributed by atoms with Crippen molar-refractivity contribution >= 4 is 27.3 Å². The second-order valence-electron chi connectivity index (χ2n) is 5.34. The summed E-state index contributed by atoms with van der Waals surface area (Å²) in [7, 11) is -2.17. The zero-order valence-electron chi connectivity index (χ0n) is 13.8. The van der Waals surface area contributed by atoms with Crippen molar-refractivity contribution in [2.24, 2.45) is 0 Å². The molecule has 0 saturated carbocycles. The van der Waals surface area contributed by atoms with Gasteiger partial charge < -0.3 is 9.47 Å². The van der Waals surface area contributed by atoms with Crippen LogP contribution in [0.1, 0.15) is 0 Å². The number of sulfonamides is 1. The van der Waals surface area contributed by atoms with E-state index in [1.807, 2.05) is 12.1 Å². The molecular formula is C19H16ClNO4S. The standard InChI is InChI=1S/C19H16ClNO4S/c1-24-18-7-2-3-8-19(18)25-16-9-11-17(12-10-16)26(22,23)21-15-6-4-5-14(20)13-15/h2-13,21H,1H3. The summed E-state index contributed by atoms with van der Waals surface area (Å²) in [6, 6.07) is 19.8. The van der Waals surface area contributed by atoms with E-state index in [1.165, 1.54) is 18.2 Å². The zero-order valence-corrected chi connectivity index (χ0v) is 15.4. The van der Waals surface area contributed by atoms with Gasteiger partial charge in [-0.15, -0.1) is 0 Å². The second-order valence-corrected chi connectivity index (χ2v) is 7.46. The molecule has 5 nitrogen and oxygen atoms in total.